The topological polar surface area (TPSA) is 55.8 Å². The Labute approximate surface area is 139 Å². The number of carboxylic acids is 1. The fourth-order valence-corrected chi connectivity index (χ4v) is 2.17. The average Bonchev–Trinajstić information content (AvgIpc) is 2.54. The van der Waals surface area contributed by atoms with E-state index < -0.39 is 5.97 Å². The summed E-state index contributed by atoms with van der Waals surface area (Å²) >= 11 is 6.00. The highest BCUT2D eigenvalue weighted by molar-refractivity contribution is 6.31. The highest BCUT2D eigenvalue weighted by atomic mass is 35.5. The van der Waals surface area contributed by atoms with Crippen molar-refractivity contribution in [3.8, 4) is 11.5 Å². The van der Waals surface area contributed by atoms with Gasteiger partial charge in [0.1, 0.15) is 18.1 Å². The number of aliphatic carboxylic acids is 1. The monoisotopic (exact) mass is 332 g/mol. The summed E-state index contributed by atoms with van der Waals surface area (Å²) < 4.78 is 11.1. The van der Waals surface area contributed by atoms with Crippen molar-refractivity contribution in [2.75, 3.05) is 7.11 Å². The lowest BCUT2D eigenvalue weighted by molar-refractivity contribution is -0.131. The Bertz CT molecular complexity index is 738. The van der Waals surface area contributed by atoms with Crippen molar-refractivity contribution >= 4 is 23.6 Å². The van der Waals surface area contributed by atoms with Gasteiger partial charge in [-0.25, -0.2) is 4.79 Å². The molecule has 0 aliphatic carbocycles. The van der Waals surface area contributed by atoms with Crippen LogP contribution in [0, 0.1) is 6.92 Å². The molecule has 1 N–H and O–H groups in total. The lowest BCUT2D eigenvalue weighted by Gasteiger charge is -2.12. The fraction of sp³-hybridized carbons (Fsp3) is 0.167. The molecule has 0 unspecified atom stereocenters. The third-order valence-electron chi connectivity index (χ3n) is 3.25. The third-order valence-corrected chi connectivity index (χ3v) is 3.67. The maximum absolute atomic E-state index is 10.6. The van der Waals surface area contributed by atoms with Crippen molar-refractivity contribution < 1.29 is 19.4 Å². The molecule has 0 bridgehead atoms. The smallest absolute Gasteiger partial charge is 0.328 e. The van der Waals surface area contributed by atoms with Crippen molar-refractivity contribution in [1.29, 1.82) is 0 Å². The number of carbonyl (C=O) groups is 1. The SMILES string of the molecule is COc1ccc(C=CC(=O)O)cc1COc1ccc(Cl)c(C)c1. The molecule has 5 heteroatoms. The largest absolute Gasteiger partial charge is 0.496 e. The predicted molar refractivity (Wildman–Crippen MR) is 90.2 cm³/mol. The van der Waals surface area contributed by atoms with Gasteiger partial charge in [0.25, 0.3) is 0 Å². The van der Waals surface area contributed by atoms with E-state index >= 15 is 0 Å². The van der Waals surface area contributed by atoms with E-state index in [1.165, 1.54) is 6.08 Å². The molecule has 0 amide bonds. The second kappa shape index (κ2) is 7.70. The van der Waals surface area contributed by atoms with E-state index in [1.807, 2.05) is 19.1 Å². The van der Waals surface area contributed by atoms with Crippen LogP contribution < -0.4 is 9.47 Å². The first-order valence-corrected chi connectivity index (χ1v) is 7.34. The molecule has 120 valence electrons. The van der Waals surface area contributed by atoms with Gasteiger partial charge in [0.2, 0.25) is 0 Å². The van der Waals surface area contributed by atoms with Crippen LogP contribution in [0.4, 0.5) is 0 Å². The molecule has 0 fully saturated rings. The van der Waals surface area contributed by atoms with E-state index in [0.29, 0.717) is 23.1 Å². The van der Waals surface area contributed by atoms with Gasteiger partial charge >= 0.3 is 5.97 Å². The van der Waals surface area contributed by atoms with Gasteiger partial charge in [-0.05, 0) is 54.5 Å². The molecule has 4 nitrogen and oxygen atoms in total. The molecule has 0 aliphatic heterocycles. The average molecular weight is 333 g/mol. The zero-order valence-corrected chi connectivity index (χ0v) is 13.6. The van der Waals surface area contributed by atoms with Crippen LogP contribution in [0.2, 0.25) is 5.02 Å². The van der Waals surface area contributed by atoms with Gasteiger partial charge in [-0.2, -0.15) is 0 Å². The van der Waals surface area contributed by atoms with Crippen molar-refractivity contribution in [3.63, 3.8) is 0 Å². The molecule has 0 aliphatic rings. The van der Waals surface area contributed by atoms with Crippen LogP contribution in [-0.2, 0) is 11.4 Å². The second-order valence-corrected chi connectivity index (χ2v) is 5.35. The quantitative estimate of drug-likeness (QED) is 0.800. The summed E-state index contributed by atoms with van der Waals surface area (Å²) in [5, 5.41) is 9.39. The van der Waals surface area contributed by atoms with Gasteiger partial charge in [-0.15, -0.1) is 0 Å². The summed E-state index contributed by atoms with van der Waals surface area (Å²) in [5.41, 5.74) is 2.53. The Kier molecular flexibility index (Phi) is 5.66. The molecule has 0 saturated carbocycles. The maximum atomic E-state index is 10.6. The third kappa shape index (κ3) is 4.76. The first-order chi connectivity index (χ1) is 11.0. The summed E-state index contributed by atoms with van der Waals surface area (Å²) in [6.07, 6.45) is 2.62. The molecule has 2 aromatic carbocycles. The number of methoxy groups -OCH3 is 1. The van der Waals surface area contributed by atoms with Crippen molar-refractivity contribution in [3.05, 3.63) is 64.2 Å². The number of halogens is 1. The fourth-order valence-electron chi connectivity index (χ4n) is 2.05. The minimum absolute atomic E-state index is 0.305. The molecule has 0 spiro atoms. The van der Waals surface area contributed by atoms with Gasteiger partial charge in [-0.1, -0.05) is 17.7 Å². The molecule has 0 heterocycles. The normalized spacial score (nSPS) is 10.7. The van der Waals surface area contributed by atoms with Gasteiger partial charge in [-0.3, -0.25) is 0 Å². The molecule has 0 radical (unpaired) electrons. The van der Waals surface area contributed by atoms with Crippen LogP contribution in [0.1, 0.15) is 16.7 Å². The molecule has 2 rings (SSSR count). The number of carboxylic acid groups (broad SMARTS) is 1. The number of benzene rings is 2. The van der Waals surface area contributed by atoms with E-state index in [0.717, 1.165) is 22.8 Å². The van der Waals surface area contributed by atoms with E-state index in [2.05, 4.69) is 0 Å². The summed E-state index contributed by atoms with van der Waals surface area (Å²) in [7, 11) is 1.58. The molecular formula is C18H17ClO4. The molecule has 2 aromatic rings. The highest BCUT2D eigenvalue weighted by Crippen LogP contribution is 2.25. The van der Waals surface area contributed by atoms with Gasteiger partial charge in [0, 0.05) is 16.7 Å². The summed E-state index contributed by atoms with van der Waals surface area (Å²) in [6, 6.07) is 10.9. The Morgan fingerprint density at radius 3 is 2.70 bits per heavy atom. The molecule has 0 saturated heterocycles. The van der Waals surface area contributed by atoms with Crippen molar-refractivity contribution in [1.82, 2.24) is 0 Å². The summed E-state index contributed by atoms with van der Waals surface area (Å²) in [4.78, 5) is 10.6. The number of ether oxygens (including phenoxy) is 2. The van der Waals surface area contributed by atoms with Crippen molar-refractivity contribution in [2.45, 2.75) is 13.5 Å². The predicted octanol–water partition coefficient (Wildman–Crippen LogP) is 4.33. The van der Waals surface area contributed by atoms with Crippen LogP contribution in [-0.4, -0.2) is 18.2 Å². The highest BCUT2D eigenvalue weighted by Gasteiger charge is 2.06. The zero-order chi connectivity index (χ0) is 16.8. The standard InChI is InChI=1S/C18H17ClO4/c1-12-9-15(5-6-16(12)19)23-11-14-10-13(4-8-18(20)21)3-7-17(14)22-2/h3-10H,11H2,1-2H3,(H,20,21). The lowest BCUT2D eigenvalue weighted by atomic mass is 10.1. The Balaban J connectivity index is 2.18. The van der Waals surface area contributed by atoms with Gasteiger partial charge < -0.3 is 14.6 Å². The van der Waals surface area contributed by atoms with Crippen LogP contribution in [0.25, 0.3) is 6.08 Å². The van der Waals surface area contributed by atoms with E-state index in [9.17, 15) is 4.79 Å². The van der Waals surface area contributed by atoms with Gasteiger partial charge in [0.15, 0.2) is 0 Å². The second-order valence-electron chi connectivity index (χ2n) is 4.94. The van der Waals surface area contributed by atoms with E-state index in [1.54, 1.807) is 31.4 Å². The van der Waals surface area contributed by atoms with Crippen LogP contribution in [0.3, 0.4) is 0 Å². The molecule has 0 aromatic heterocycles. The zero-order valence-electron chi connectivity index (χ0n) is 12.9. The minimum atomic E-state index is -0.991. The van der Waals surface area contributed by atoms with E-state index in [4.69, 9.17) is 26.2 Å². The van der Waals surface area contributed by atoms with Crippen LogP contribution in [0.15, 0.2) is 42.5 Å². The first-order valence-electron chi connectivity index (χ1n) is 6.96. The molecule has 23 heavy (non-hydrogen) atoms. The van der Waals surface area contributed by atoms with Crippen LogP contribution in [0.5, 0.6) is 11.5 Å². The van der Waals surface area contributed by atoms with E-state index in [-0.39, 0.29) is 0 Å². The summed E-state index contributed by atoms with van der Waals surface area (Å²) in [5.74, 6) is 0.402. The number of hydrogen-bond donors (Lipinski definition) is 1. The molecular weight excluding hydrogens is 316 g/mol. The number of rotatable bonds is 6. The van der Waals surface area contributed by atoms with Gasteiger partial charge in [0.05, 0.1) is 7.11 Å². The first kappa shape index (κ1) is 16.9. The molecule has 0 atom stereocenters. The Morgan fingerprint density at radius 2 is 2.04 bits per heavy atom. The minimum Gasteiger partial charge on any atom is -0.496 e. The Hall–Kier alpha value is -2.46. The summed E-state index contributed by atoms with van der Waals surface area (Å²) in [6.45, 7) is 2.21. The van der Waals surface area contributed by atoms with Crippen LogP contribution >= 0.6 is 11.6 Å². The lowest BCUT2D eigenvalue weighted by Crippen LogP contribution is -1.99. The maximum Gasteiger partial charge on any atom is 0.328 e. The Morgan fingerprint density at radius 1 is 1.26 bits per heavy atom. The number of aryl methyl sites for hydroxylation is 1. The number of hydrogen-bond acceptors (Lipinski definition) is 3. The van der Waals surface area contributed by atoms with Crippen molar-refractivity contribution in [2.24, 2.45) is 0 Å².